The Bertz CT molecular complexity index is 1260. The third-order valence-corrected chi connectivity index (χ3v) is 12.0. The molecule has 4 aliphatic rings. The SMILES string of the molecule is CC(=O)[C@H]1CCC2C3CC[C@@H]4C[C@H](OC(=O)C[C@H](NC(=O)OC(C)(C)C)C(=O)OCc5ccccc5)CC[C@]4(C)C3CC[C@@]21C. The van der Waals surface area contributed by atoms with Crippen LogP contribution < -0.4 is 5.32 Å². The van der Waals surface area contributed by atoms with E-state index in [-0.39, 0.29) is 35.9 Å². The van der Waals surface area contributed by atoms with Gasteiger partial charge in [-0.2, -0.15) is 0 Å². The third-order valence-electron chi connectivity index (χ3n) is 12.0. The molecule has 1 N–H and O–H groups in total. The first-order valence-electron chi connectivity index (χ1n) is 17.1. The number of hydrogen-bond acceptors (Lipinski definition) is 7. The Balaban J connectivity index is 1.19. The Hall–Kier alpha value is -2.90. The van der Waals surface area contributed by atoms with E-state index in [4.69, 9.17) is 14.2 Å². The van der Waals surface area contributed by atoms with Gasteiger partial charge in [-0.15, -0.1) is 0 Å². The number of carbonyl (C=O) groups excluding carboxylic acids is 4. The summed E-state index contributed by atoms with van der Waals surface area (Å²) in [4.78, 5) is 51.3. The number of rotatable bonds is 8. The molecule has 0 aromatic heterocycles. The number of hydrogen-bond donors (Lipinski definition) is 1. The summed E-state index contributed by atoms with van der Waals surface area (Å²) in [7, 11) is 0. The van der Waals surface area contributed by atoms with Crippen LogP contribution in [0, 0.1) is 40.4 Å². The van der Waals surface area contributed by atoms with Gasteiger partial charge in [-0.3, -0.25) is 9.59 Å². The second kappa shape index (κ2) is 13.1. The zero-order valence-corrected chi connectivity index (χ0v) is 28.1. The molecule has 0 aliphatic heterocycles. The summed E-state index contributed by atoms with van der Waals surface area (Å²) in [6.07, 6.45) is 8.15. The van der Waals surface area contributed by atoms with Crippen molar-refractivity contribution in [2.24, 2.45) is 40.4 Å². The van der Waals surface area contributed by atoms with E-state index in [2.05, 4.69) is 19.2 Å². The fourth-order valence-electron chi connectivity index (χ4n) is 9.87. The number of fused-ring (bicyclic) bond motifs is 5. The van der Waals surface area contributed by atoms with E-state index in [1.807, 2.05) is 30.3 Å². The Morgan fingerprint density at radius 2 is 1.60 bits per heavy atom. The van der Waals surface area contributed by atoms with E-state index >= 15 is 0 Å². The van der Waals surface area contributed by atoms with E-state index in [0.717, 1.165) is 44.1 Å². The Kier molecular flexibility index (Phi) is 9.72. The molecule has 1 amide bonds. The van der Waals surface area contributed by atoms with Crippen molar-refractivity contribution < 1.29 is 33.4 Å². The minimum atomic E-state index is -1.22. The summed E-state index contributed by atoms with van der Waals surface area (Å²) in [5, 5.41) is 2.53. The van der Waals surface area contributed by atoms with E-state index in [0.29, 0.717) is 29.5 Å². The molecule has 0 spiro atoms. The van der Waals surface area contributed by atoms with Crippen molar-refractivity contribution in [3.8, 4) is 0 Å². The molecule has 4 aliphatic carbocycles. The fourth-order valence-corrected chi connectivity index (χ4v) is 9.87. The van der Waals surface area contributed by atoms with Crippen LogP contribution in [0.15, 0.2) is 30.3 Å². The standard InChI is InChI=1S/C37H53NO7/c1-23(39)28-14-15-29-27-13-12-25-20-26(16-18-36(25,5)30(27)17-19-37(28,29)6)44-32(40)21-31(38-34(42)45-35(2,3)4)33(41)43-22-24-10-8-7-9-11-24/h7-11,25-31H,12-22H2,1-6H3,(H,38,42)/t25-,26-,27?,28-,29?,30?,31+,36+,37-/m1/s1. The van der Waals surface area contributed by atoms with Gasteiger partial charge in [0, 0.05) is 5.92 Å². The lowest BCUT2D eigenvalue weighted by atomic mass is 9.44. The first-order chi connectivity index (χ1) is 21.2. The van der Waals surface area contributed by atoms with E-state index in [1.54, 1.807) is 27.7 Å². The number of esters is 2. The number of amides is 1. The maximum Gasteiger partial charge on any atom is 0.408 e. The molecule has 248 valence electrons. The highest BCUT2D eigenvalue weighted by Gasteiger charge is 2.61. The van der Waals surface area contributed by atoms with Crippen LogP contribution >= 0.6 is 0 Å². The van der Waals surface area contributed by atoms with Crippen LogP contribution in [-0.4, -0.2) is 41.6 Å². The summed E-state index contributed by atoms with van der Waals surface area (Å²) >= 11 is 0. The summed E-state index contributed by atoms with van der Waals surface area (Å²) < 4.78 is 16.8. The zero-order valence-electron chi connectivity index (χ0n) is 28.1. The maximum absolute atomic E-state index is 13.2. The monoisotopic (exact) mass is 623 g/mol. The summed E-state index contributed by atoms with van der Waals surface area (Å²) in [5.41, 5.74) is 0.401. The van der Waals surface area contributed by atoms with Crippen molar-refractivity contribution in [1.82, 2.24) is 5.32 Å². The van der Waals surface area contributed by atoms with Gasteiger partial charge in [-0.05, 0) is 126 Å². The number of ketones is 1. The largest absolute Gasteiger partial charge is 0.462 e. The number of nitrogens with one attached hydrogen (secondary N) is 1. The smallest absolute Gasteiger partial charge is 0.408 e. The molecule has 8 nitrogen and oxygen atoms in total. The normalized spacial score (nSPS) is 34.7. The van der Waals surface area contributed by atoms with Gasteiger partial charge in [0.15, 0.2) is 0 Å². The Labute approximate surface area is 268 Å². The Morgan fingerprint density at radius 1 is 0.911 bits per heavy atom. The molecule has 0 saturated heterocycles. The molecule has 0 radical (unpaired) electrons. The van der Waals surface area contributed by atoms with Crippen LogP contribution in [-0.2, 0) is 35.2 Å². The van der Waals surface area contributed by atoms with Crippen molar-refractivity contribution in [1.29, 1.82) is 0 Å². The van der Waals surface area contributed by atoms with Crippen LogP contribution in [0.1, 0.15) is 111 Å². The average Bonchev–Trinajstić information content (AvgIpc) is 3.33. The van der Waals surface area contributed by atoms with Crippen LogP contribution in [0.25, 0.3) is 0 Å². The van der Waals surface area contributed by atoms with Crippen molar-refractivity contribution >= 4 is 23.8 Å². The molecule has 8 heteroatoms. The highest BCUT2D eigenvalue weighted by atomic mass is 16.6. The molecular formula is C37H53NO7. The number of alkyl carbamates (subject to hydrolysis) is 1. The lowest BCUT2D eigenvalue weighted by Crippen LogP contribution is -2.54. The van der Waals surface area contributed by atoms with Crippen molar-refractivity contribution in [2.45, 2.75) is 130 Å². The molecule has 4 fully saturated rings. The fraction of sp³-hybridized carbons (Fsp3) is 0.730. The number of ether oxygens (including phenoxy) is 3. The molecule has 1 aromatic rings. The lowest BCUT2D eigenvalue weighted by molar-refractivity contribution is -0.165. The zero-order chi connectivity index (χ0) is 32.6. The predicted octanol–water partition coefficient (Wildman–Crippen LogP) is 7.17. The lowest BCUT2D eigenvalue weighted by Gasteiger charge is -2.61. The molecule has 9 atom stereocenters. The van der Waals surface area contributed by atoms with Crippen LogP contribution in [0.2, 0.25) is 0 Å². The summed E-state index contributed by atoms with van der Waals surface area (Å²) in [5.74, 6) is 1.79. The highest BCUT2D eigenvalue weighted by Crippen LogP contribution is 2.67. The number of benzene rings is 1. The minimum absolute atomic E-state index is 0.0294. The average molecular weight is 624 g/mol. The van der Waals surface area contributed by atoms with Crippen LogP contribution in [0.5, 0.6) is 0 Å². The second-order valence-corrected chi connectivity index (χ2v) is 15.8. The summed E-state index contributed by atoms with van der Waals surface area (Å²) in [6.45, 7) is 11.9. The Morgan fingerprint density at radius 3 is 2.29 bits per heavy atom. The van der Waals surface area contributed by atoms with E-state index in [1.165, 1.54) is 19.3 Å². The van der Waals surface area contributed by atoms with Gasteiger partial charge in [-0.1, -0.05) is 44.2 Å². The van der Waals surface area contributed by atoms with Gasteiger partial charge in [0.1, 0.15) is 30.1 Å². The van der Waals surface area contributed by atoms with E-state index in [9.17, 15) is 19.2 Å². The maximum atomic E-state index is 13.2. The second-order valence-electron chi connectivity index (χ2n) is 15.8. The van der Waals surface area contributed by atoms with Gasteiger partial charge in [0.25, 0.3) is 0 Å². The molecular weight excluding hydrogens is 570 g/mol. The van der Waals surface area contributed by atoms with Gasteiger partial charge in [0.05, 0.1) is 6.42 Å². The van der Waals surface area contributed by atoms with Gasteiger partial charge in [-0.25, -0.2) is 9.59 Å². The molecule has 5 rings (SSSR count). The number of carbonyl (C=O) groups is 4. The first-order valence-corrected chi connectivity index (χ1v) is 17.1. The quantitative estimate of drug-likeness (QED) is 0.242. The molecule has 3 unspecified atom stereocenters. The minimum Gasteiger partial charge on any atom is -0.462 e. The molecule has 0 bridgehead atoms. The summed E-state index contributed by atoms with van der Waals surface area (Å²) in [6, 6.07) is 8.03. The number of Topliss-reactive ketones (excluding diaryl/α,β-unsaturated/α-hetero) is 1. The topological polar surface area (TPSA) is 108 Å². The van der Waals surface area contributed by atoms with E-state index < -0.39 is 29.7 Å². The molecule has 45 heavy (non-hydrogen) atoms. The van der Waals surface area contributed by atoms with Crippen molar-refractivity contribution in [3.63, 3.8) is 0 Å². The van der Waals surface area contributed by atoms with Crippen LogP contribution in [0.4, 0.5) is 4.79 Å². The molecule has 0 heterocycles. The van der Waals surface area contributed by atoms with Gasteiger partial charge in [0.2, 0.25) is 0 Å². The van der Waals surface area contributed by atoms with Crippen molar-refractivity contribution in [3.05, 3.63) is 35.9 Å². The van der Waals surface area contributed by atoms with Crippen molar-refractivity contribution in [2.75, 3.05) is 0 Å². The molecule has 4 saturated carbocycles. The van der Waals surface area contributed by atoms with Crippen LogP contribution in [0.3, 0.4) is 0 Å². The van der Waals surface area contributed by atoms with Gasteiger partial charge < -0.3 is 19.5 Å². The van der Waals surface area contributed by atoms with Gasteiger partial charge >= 0.3 is 18.0 Å². The third kappa shape index (κ3) is 7.25. The highest BCUT2D eigenvalue weighted by molar-refractivity contribution is 5.86. The molecule has 1 aromatic carbocycles. The predicted molar refractivity (Wildman–Crippen MR) is 170 cm³/mol. The first kappa shape index (κ1) is 33.5.